The van der Waals surface area contributed by atoms with Gasteiger partial charge in [-0.2, -0.15) is 0 Å². The number of aliphatic hydroxyl groups excluding tert-OH is 1. The predicted octanol–water partition coefficient (Wildman–Crippen LogP) is 2.60. The summed E-state index contributed by atoms with van der Waals surface area (Å²) in [5.41, 5.74) is 2.01. The highest BCUT2D eigenvalue weighted by molar-refractivity contribution is 5.90. The zero-order chi connectivity index (χ0) is 13.3. The second-order valence-corrected chi connectivity index (χ2v) is 5.61. The fraction of sp³-hybridized carbons (Fsp3) is 0.667. The number of esters is 1. The molecule has 1 aliphatic heterocycles. The van der Waals surface area contributed by atoms with Crippen LogP contribution in [0.4, 0.5) is 0 Å². The lowest BCUT2D eigenvalue weighted by atomic mass is 9.90. The van der Waals surface area contributed by atoms with Gasteiger partial charge in [0, 0.05) is 11.5 Å². The van der Waals surface area contributed by atoms with Gasteiger partial charge >= 0.3 is 5.97 Å². The number of hydrogen-bond acceptors (Lipinski definition) is 3. The van der Waals surface area contributed by atoms with Crippen molar-refractivity contribution in [2.75, 3.05) is 0 Å². The number of carbonyl (C=O) groups is 1. The van der Waals surface area contributed by atoms with E-state index in [1.807, 2.05) is 6.92 Å². The van der Waals surface area contributed by atoms with Crippen molar-refractivity contribution in [2.45, 2.75) is 51.7 Å². The second kappa shape index (κ2) is 5.27. The van der Waals surface area contributed by atoms with Crippen LogP contribution in [0.2, 0.25) is 0 Å². The number of aliphatic hydroxyl groups is 1. The van der Waals surface area contributed by atoms with Gasteiger partial charge in [-0.25, -0.2) is 4.79 Å². The monoisotopic (exact) mass is 250 g/mol. The normalized spacial score (nSPS) is 33.5. The Morgan fingerprint density at radius 2 is 2.33 bits per heavy atom. The van der Waals surface area contributed by atoms with E-state index in [1.165, 1.54) is 5.57 Å². The Kier molecular flexibility index (Phi) is 3.91. The molecule has 1 heterocycles. The summed E-state index contributed by atoms with van der Waals surface area (Å²) in [6.45, 7) is 7.83. The molecule has 4 atom stereocenters. The molecule has 0 amide bonds. The second-order valence-electron chi connectivity index (χ2n) is 5.61. The maximum absolute atomic E-state index is 11.5. The van der Waals surface area contributed by atoms with Gasteiger partial charge in [0.25, 0.3) is 0 Å². The molecule has 0 aromatic heterocycles. The molecule has 3 nitrogen and oxygen atoms in total. The first-order chi connectivity index (χ1) is 8.49. The van der Waals surface area contributed by atoms with Crippen molar-refractivity contribution in [3.63, 3.8) is 0 Å². The number of hydrogen-bond donors (Lipinski definition) is 1. The number of fused-ring (bicyclic) bond motifs is 1. The summed E-state index contributed by atoms with van der Waals surface area (Å²) in [5, 5.41) is 9.37. The predicted molar refractivity (Wildman–Crippen MR) is 69.9 cm³/mol. The third kappa shape index (κ3) is 2.66. The minimum absolute atomic E-state index is 0.000278. The number of rotatable bonds is 3. The topological polar surface area (TPSA) is 46.5 Å². The number of allylic oxidation sites excluding steroid dienone is 2. The van der Waals surface area contributed by atoms with Crippen molar-refractivity contribution in [3.05, 3.63) is 23.8 Å². The van der Waals surface area contributed by atoms with Gasteiger partial charge < -0.3 is 9.84 Å². The van der Waals surface area contributed by atoms with E-state index in [1.54, 1.807) is 0 Å². The molecule has 3 heteroatoms. The highest BCUT2D eigenvalue weighted by atomic mass is 16.6. The summed E-state index contributed by atoms with van der Waals surface area (Å²) in [6.07, 6.45) is 5.42. The van der Waals surface area contributed by atoms with Crippen LogP contribution in [0.15, 0.2) is 23.8 Å². The number of carbonyl (C=O) groups excluding carboxylic acids is 1. The molecular weight excluding hydrogens is 228 g/mol. The molecule has 2 aliphatic rings. The van der Waals surface area contributed by atoms with E-state index in [4.69, 9.17) is 4.74 Å². The van der Waals surface area contributed by atoms with Crippen LogP contribution >= 0.6 is 0 Å². The molecule has 1 fully saturated rings. The van der Waals surface area contributed by atoms with Gasteiger partial charge in [-0.3, -0.25) is 0 Å². The molecule has 0 bridgehead atoms. The molecule has 18 heavy (non-hydrogen) atoms. The smallest absolute Gasteiger partial charge is 0.334 e. The van der Waals surface area contributed by atoms with Gasteiger partial charge in [0.1, 0.15) is 6.10 Å². The van der Waals surface area contributed by atoms with E-state index in [0.717, 1.165) is 25.7 Å². The van der Waals surface area contributed by atoms with E-state index in [2.05, 4.69) is 19.6 Å². The van der Waals surface area contributed by atoms with Crippen molar-refractivity contribution < 1.29 is 14.6 Å². The Labute approximate surface area is 109 Å². The SMILES string of the molecule is C=C1C(=O)O[C@@H]2C[C@H](C)C(CC[C@@H](C)O)=CC[C@H]12. The van der Waals surface area contributed by atoms with Crippen LogP contribution in [-0.2, 0) is 9.53 Å². The first-order valence-electron chi connectivity index (χ1n) is 6.75. The fourth-order valence-corrected chi connectivity index (χ4v) is 2.88. The largest absolute Gasteiger partial charge is 0.458 e. The van der Waals surface area contributed by atoms with Crippen molar-refractivity contribution >= 4 is 5.97 Å². The highest BCUT2D eigenvalue weighted by Gasteiger charge is 2.40. The standard InChI is InChI=1S/C15H22O3/c1-9-8-14-13(11(3)15(17)18-14)7-6-12(9)5-4-10(2)16/h6,9-10,13-14,16H,3-5,7-8H2,1-2H3/t9-,10+,13+,14+/m0/s1. The van der Waals surface area contributed by atoms with Gasteiger partial charge in [0.05, 0.1) is 6.10 Å². The van der Waals surface area contributed by atoms with E-state index < -0.39 is 0 Å². The summed E-state index contributed by atoms with van der Waals surface area (Å²) in [5.74, 6) is 0.347. The summed E-state index contributed by atoms with van der Waals surface area (Å²) in [6, 6.07) is 0. The molecule has 2 rings (SSSR count). The Hall–Kier alpha value is -1.09. The Bertz CT molecular complexity index is 381. The third-order valence-corrected chi connectivity index (χ3v) is 4.12. The maximum atomic E-state index is 11.5. The van der Waals surface area contributed by atoms with E-state index >= 15 is 0 Å². The van der Waals surface area contributed by atoms with Crippen LogP contribution in [0.5, 0.6) is 0 Å². The van der Waals surface area contributed by atoms with E-state index in [-0.39, 0.29) is 24.1 Å². The van der Waals surface area contributed by atoms with Gasteiger partial charge in [-0.15, -0.1) is 0 Å². The van der Waals surface area contributed by atoms with Crippen LogP contribution < -0.4 is 0 Å². The first-order valence-corrected chi connectivity index (χ1v) is 6.75. The van der Waals surface area contributed by atoms with Crippen LogP contribution in [0, 0.1) is 11.8 Å². The molecule has 0 aromatic rings. The van der Waals surface area contributed by atoms with Crippen molar-refractivity contribution in [2.24, 2.45) is 11.8 Å². The lowest BCUT2D eigenvalue weighted by Gasteiger charge is -2.18. The molecule has 0 spiro atoms. The minimum Gasteiger partial charge on any atom is -0.458 e. The minimum atomic E-state index is -0.256. The Morgan fingerprint density at radius 1 is 1.61 bits per heavy atom. The van der Waals surface area contributed by atoms with Crippen molar-refractivity contribution in [3.8, 4) is 0 Å². The molecule has 0 saturated carbocycles. The third-order valence-electron chi connectivity index (χ3n) is 4.12. The molecule has 0 unspecified atom stereocenters. The van der Waals surface area contributed by atoms with Gasteiger partial charge in [0.15, 0.2) is 0 Å². The first kappa shape index (κ1) is 13.3. The molecule has 0 radical (unpaired) electrons. The van der Waals surface area contributed by atoms with E-state index in [9.17, 15) is 9.90 Å². The highest BCUT2D eigenvalue weighted by Crippen LogP contribution is 2.39. The summed E-state index contributed by atoms with van der Waals surface area (Å²) >= 11 is 0. The van der Waals surface area contributed by atoms with Crippen molar-refractivity contribution in [1.82, 2.24) is 0 Å². The molecule has 0 aromatic carbocycles. The number of ether oxygens (including phenoxy) is 1. The van der Waals surface area contributed by atoms with Crippen LogP contribution in [0.3, 0.4) is 0 Å². The van der Waals surface area contributed by atoms with Gasteiger partial charge in [0.2, 0.25) is 0 Å². The summed E-state index contributed by atoms with van der Waals surface area (Å²) in [7, 11) is 0. The van der Waals surface area contributed by atoms with E-state index in [0.29, 0.717) is 11.5 Å². The molecule has 1 aliphatic carbocycles. The molecule has 100 valence electrons. The maximum Gasteiger partial charge on any atom is 0.334 e. The Balaban J connectivity index is 2.06. The summed E-state index contributed by atoms with van der Waals surface area (Å²) < 4.78 is 5.38. The zero-order valence-corrected chi connectivity index (χ0v) is 11.2. The lowest BCUT2D eigenvalue weighted by Crippen LogP contribution is -2.17. The zero-order valence-electron chi connectivity index (χ0n) is 11.2. The van der Waals surface area contributed by atoms with Crippen LogP contribution in [-0.4, -0.2) is 23.3 Å². The average molecular weight is 250 g/mol. The van der Waals surface area contributed by atoms with Gasteiger partial charge in [-0.1, -0.05) is 25.2 Å². The summed E-state index contributed by atoms with van der Waals surface area (Å²) in [4.78, 5) is 11.5. The van der Waals surface area contributed by atoms with Crippen LogP contribution in [0.1, 0.15) is 39.5 Å². The van der Waals surface area contributed by atoms with Crippen LogP contribution in [0.25, 0.3) is 0 Å². The fourth-order valence-electron chi connectivity index (χ4n) is 2.88. The van der Waals surface area contributed by atoms with Crippen molar-refractivity contribution in [1.29, 1.82) is 0 Å². The lowest BCUT2D eigenvalue weighted by molar-refractivity contribution is -0.139. The molecule has 1 saturated heterocycles. The quantitative estimate of drug-likeness (QED) is 0.476. The molecule has 1 N–H and O–H groups in total. The van der Waals surface area contributed by atoms with Gasteiger partial charge in [-0.05, 0) is 38.5 Å². The Morgan fingerprint density at radius 3 is 3.00 bits per heavy atom. The molecular formula is C15H22O3. The average Bonchev–Trinajstić information content (AvgIpc) is 2.46.